The predicted octanol–water partition coefficient (Wildman–Crippen LogP) is 5.94. The van der Waals surface area contributed by atoms with Crippen LogP contribution >= 0.6 is 0 Å². The molecule has 8 heteroatoms. The highest BCUT2D eigenvalue weighted by molar-refractivity contribution is 5.94. The average Bonchev–Trinajstić information content (AvgIpc) is 3.74. The van der Waals surface area contributed by atoms with Gasteiger partial charge in [0.2, 0.25) is 5.91 Å². The van der Waals surface area contributed by atoms with Gasteiger partial charge in [-0.2, -0.15) is 5.26 Å². The van der Waals surface area contributed by atoms with Crippen LogP contribution < -0.4 is 15.1 Å². The van der Waals surface area contributed by atoms with Crippen molar-refractivity contribution in [2.45, 2.75) is 78.1 Å². The van der Waals surface area contributed by atoms with Crippen LogP contribution in [-0.2, 0) is 9.53 Å². The summed E-state index contributed by atoms with van der Waals surface area (Å²) < 4.78 is 5.63. The third-order valence-corrected chi connectivity index (χ3v) is 8.37. The number of nitriles is 1. The monoisotopic (exact) mass is 543 g/mol. The minimum atomic E-state index is -0.527. The van der Waals surface area contributed by atoms with E-state index in [0.717, 1.165) is 35.5 Å². The fraction of sp³-hybridized carbons (Fsp3) is 0.531. The Balaban J connectivity index is 1.45. The Hall–Kier alpha value is -3.73. The van der Waals surface area contributed by atoms with Gasteiger partial charge in [0.1, 0.15) is 5.60 Å². The second-order valence-electron chi connectivity index (χ2n) is 12.6. The molecule has 0 bridgehead atoms. The first-order valence-electron chi connectivity index (χ1n) is 14.4. The van der Waals surface area contributed by atoms with Crippen LogP contribution in [0, 0.1) is 23.2 Å². The quantitative estimate of drug-likeness (QED) is 0.514. The van der Waals surface area contributed by atoms with Gasteiger partial charge in [-0.15, -0.1) is 0 Å². The second-order valence-corrected chi connectivity index (χ2v) is 12.6. The summed E-state index contributed by atoms with van der Waals surface area (Å²) in [6, 6.07) is 16.3. The van der Waals surface area contributed by atoms with E-state index >= 15 is 0 Å². The van der Waals surface area contributed by atoms with Crippen LogP contribution in [-0.4, -0.2) is 54.2 Å². The molecular formula is C32H41N5O3. The summed E-state index contributed by atoms with van der Waals surface area (Å²) in [5.74, 6) is 0.783. The van der Waals surface area contributed by atoms with E-state index in [9.17, 15) is 14.9 Å². The topological polar surface area (TPSA) is 88.9 Å². The molecule has 1 saturated heterocycles. The molecule has 2 fully saturated rings. The van der Waals surface area contributed by atoms with Crippen molar-refractivity contribution >= 4 is 29.1 Å². The van der Waals surface area contributed by atoms with E-state index in [1.54, 1.807) is 6.92 Å². The van der Waals surface area contributed by atoms with E-state index in [-0.39, 0.29) is 36.0 Å². The first-order valence-corrected chi connectivity index (χ1v) is 14.4. The van der Waals surface area contributed by atoms with Crippen LogP contribution in [0.2, 0.25) is 0 Å². The molecule has 0 radical (unpaired) electrons. The third kappa shape index (κ3) is 5.60. The van der Waals surface area contributed by atoms with Crippen molar-refractivity contribution in [2.24, 2.45) is 11.8 Å². The van der Waals surface area contributed by atoms with Crippen molar-refractivity contribution in [3.05, 3.63) is 53.6 Å². The molecule has 0 spiro atoms. The van der Waals surface area contributed by atoms with Crippen LogP contribution in [0.25, 0.3) is 0 Å². The zero-order valence-electron chi connectivity index (χ0n) is 24.5. The van der Waals surface area contributed by atoms with E-state index < -0.39 is 5.60 Å². The third-order valence-electron chi connectivity index (χ3n) is 8.37. The van der Waals surface area contributed by atoms with Gasteiger partial charge >= 0.3 is 6.09 Å². The Labute approximate surface area is 237 Å². The first kappa shape index (κ1) is 27.8. The van der Waals surface area contributed by atoms with E-state index in [1.165, 1.54) is 0 Å². The highest BCUT2D eigenvalue weighted by atomic mass is 16.6. The van der Waals surface area contributed by atoms with Gasteiger partial charge in [-0.1, -0.05) is 6.92 Å². The summed E-state index contributed by atoms with van der Waals surface area (Å²) in [5, 5.41) is 13.0. The molecule has 0 aromatic heterocycles. The van der Waals surface area contributed by atoms with Gasteiger partial charge in [0.25, 0.3) is 0 Å². The van der Waals surface area contributed by atoms with E-state index in [4.69, 9.17) is 4.74 Å². The summed E-state index contributed by atoms with van der Waals surface area (Å²) in [4.78, 5) is 32.0. The van der Waals surface area contributed by atoms with Crippen molar-refractivity contribution in [1.29, 1.82) is 5.26 Å². The molecule has 2 heterocycles. The number of carbonyl (C=O) groups excluding carboxylic acids is 2. The summed E-state index contributed by atoms with van der Waals surface area (Å²) in [6.45, 7) is 13.6. The fourth-order valence-electron chi connectivity index (χ4n) is 6.35. The van der Waals surface area contributed by atoms with Crippen LogP contribution in [0.3, 0.4) is 0 Å². The lowest BCUT2D eigenvalue weighted by atomic mass is 9.79. The standard InChI is InChI=1S/C32H41N5O3/c1-20-19-35(15-16-36(20)31(39)40-32(4,5)6)26-13-14-28-27(17-26)29(34-25-11-7-23(18-33)8-12-25)21(2)30(24-9-10-24)37(28)22(3)38/h7-8,11-14,17,20-21,24,29-30,34H,9-10,15-16,19H2,1-6H3/t20-,21+,29?,30+/m0/s1. The lowest BCUT2D eigenvalue weighted by Gasteiger charge is -2.47. The molecule has 2 aromatic carbocycles. The van der Waals surface area contributed by atoms with Gasteiger partial charge in [0, 0.05) is 67.2 Å². The number of hydrogen-bond donors (Lipinski definition) is 1. The summed E-state index contributed by atoms with van der Waals surface area (Å²) in [6.07, 6.45) is 2.03. The van der Waals surface area contributed by atoms with Gasteiger partial charge in [0.15, 0.2) is 0 Å². The molecule has 1 saturated carbocycles. The van der Waals surface area contributed by atoms with Crippen LogP contribution in [0.15, 0.2) is 42.5 Å². The van der Waals surface area contributed by atoms with Gasteiger partial charge in [0.05, 0.1) is 17.7 Å². The SMILES string of the molecule is CC(=O)N1c2ccc(N3CCN(C(=O)OC(C)(C)C)[C@@H](C)C3)cc2C(Nc2ccc(C#N)cc2)[C@@H](C)[C@@H]1C1CC1. The van der Waals surface area contributed by atoms with E-state index in [1.807, 2.05) is 54.8 Å². The van der Waals surface area contributed by atoms with Crippen molar-refractivity contribution < 1.29 is 14.3 Å². The molecule has 3 aliphatic rings. The zero-order chi connectivity index (χ0) is 28.8. The molecule has 1 N–H and O–H groups in total. The van der Waals surface area contributed by atoms with Gasteiger partial charge in [-0.05, 0) is 88.9 Å². The van der Waals surface area contributed by atoms with E-state index in [0.29, 0.717) is 31.1 Å². The maximum Gasteiger partial charge on any atom is 0.410 e. The smallest absolute Gasteiger partial charge is 0.410 e. The van der Waals surface area contributed by atoms with E-state index in [2.05, 4.69) is 48.3 Å². The Morgan fingerprint density at radius 2 is 1.75 bits per heavy atom. The van der Waals surface area contributed by atoms with Crippen molar-refractivity contribution in [1.82, 2.24) is 4.90 Å². The maximum atomic E-state index is 13.0. The Bertz CT molecular complexity index is 1310. The normalized spacial score (nSPS) is 24.7. The first-order chi connectivity index (χ1) is 19.0. The average molecular weight is 544 g/mol. The summed E-state index contributed by atoms with van der Waals surface area (Å²) in [5.41, 5.74) is 4.21. The number of hydrogen-bond acceptors (Lipinski definition) is 6. The molecule has 2 aliphatic heterocycles. The lowest BCUT2D eigenvalue weighted by Crippen LogP contribution is -2.55. The highest BCUT2D eigenvalue weighted by Gasteiger charge is 2.47. The molecule has 212 valence electrons. The number of benzene rings is 2. The molecule has 1 aliphatic carbocycles. The van der Waals surface area contributed by atoms with Crippen LogP contribution in [0.1, 0.15) is 71.6 Å². The number of nitrogens with one attached hydrogen (secondary N) is 1. The number of rotatable bonds is 4. The fourth-order valence-corrected chi connectivity index (χ4v) is 6.35. The number of anilines is 3. The highest BCUT2D eigenvalue weighted by Crippen LogP contribution is 2.50. The number of amides is 2. The Morgan fingerprint density at radius 3 is 2.33 bits per heavy atom. The Kier molecular flexibility index (Phi) is 7.43. The van der Waals surface area contributed by atoms with Crippen molar-refractivity contribution in [2.75, 3.05) is 34.8 Å². The predicted molar refractivity (Wildman–Crippen MR) is 157 cm³/mol. The number of ether oxygens (including phenoxy) is 1. The van der Waals surface area contributed by atoms with Crippen molar-refractivity contribution in [3.8, 4) is 6.07 Å². The minimum Gasteiger partial charge on any atom is -0.444 e. The zero-order valence-corrected chi connectivity index (χ0v) is 24.5. The number of piperazine rings is 1. The molecule has 8 nitrogen and oxygen atoms in total. The van der Waals surface area contributed by atoms with Gasteiger partial charge < -0.3 is 24.8 Å². The summed E-state index contributed by atoms with van der Waals surface area (Å²) in [7, 11) is 0. The minimum absolute atomic E-state index is 0.000841. The van der Waals surface area contributed by atoms with Gasteiger partial charge in [-0.25, -0.2) is 4.79 Å². The Morgan fingerprint density at radius 1 is 1.05 bits per heavy atom. The van der Waals surface area contributed by atoms with Crippen LogP contribution in [0.4, 0.5) is 21.9 Å². The number of carbonyl (C=O) groups is 2. The maximum absolute atomic E-state index is 13.0. The molecular weight excluding hydrogens is 502 g/mol. The van der Waals surface area contributed by atoms with Crippen molar-refractivity contribution in [3.63, 3.8) is 0 Å². The molecule has 2 aromatic rings. The van der Waals surface area contributed by atoms with Crippen LogP contribution in [0.5, 0.6) is 0 Å². The second kappa shape index (κ2) is 10.7. The lowest BCUT2D eigenvalue weighted by molar-refractivity contribution is -0.117. The molecule has 4 atom stereocenters. The largest absolute Gasteiger partial charge is 0.444 e. The molecule has 2 amide bonds. The number of nitrogens with zero attached hydrogens (tertiary/aromatic N) is 4. The molecule has 5 rings (SSSR count). The van der Waals surface area contributed by atoms with Gasteiger partial charge in [-0.3, -0.25) is 4.79 Å². The number of fused-ring (bicyclic) bond motifs is 1. The molecule has 40 heavy (non-hydrogen) atoms. The molecule has 1 unspecified atom stereocenters. The summed E-state index contributed by atoms with van der Waals surface area (Å²) >= 11 is 0.